The van der Waals surface area contributed by atoms with Crippen LogP contribution in [0.4, 0.5) is 0 Å². The second kappa shape index (κ2) is 7.75. The molecule has 0 aromatic heterocycles. The molecular formula is C13H27O5P. The van der Waals surface area contributed by atoms with E-state index in [9.17, 15) is 4.57 Å². The zero-order valence-corrected chi connectivity index (χ0v) is 13.4. The highest BCUT2D eigenvalue weighted by atomic mass is 31.2. The molecule has 0 saturated carbocycles. The molecule has 1 fully saturated rings. The predicted octanol–water partition coefficient (Wildman–Crippen LogP) is 3.57. The van der Waals surface area contributed by atoms with E-state index in [4.69, 9.17) is 18.5 Å². The van der Waals surface area contributed by atoms with Crippen molar-refractivity contribution in [2.24, 2.45) is 0 Å². The molecule has 6 heteroatoms. The van der Waals surface area contributed by atoms with Crippen molar-refractivity contribution >= 4 is 7.60 Å². The van der Waals surface area contributed by atoms with Crippen LogP contribution in [0, 0.1) is 0 Å². The third-order valence-electron chi connectivity index (χ3n) is 3.37. The van der Waals surface area contributed by atoms with E-state index in [1.807, 2.05) is 13.8 Å². The minimum atomic E-state index is -2.97. The summed E-state index contributed by atoms with van der Waals surface area (Å²) in [6.07, 6.45) is 2.66. The largest absolute Gasteiger partial charge is 0.347 e. The summed E-state index contributed by atoms with van der Waals surface area (Å²) in [5.41, 5.74) is 0. The summed E-state index contributed by atoms with van der Waals surface area (Å²) in [5.74, 6) is -0.452. The van der Waals surface area contributed by atoms with Gasteiger partial charge in [-0.05, 0) is 33.1 Å². The topological polar surface area (TPSA) is 54.0 Å². The fourth-order valence-corrected chi connectivity index (χ4v) is 3.97. The molecule has 1 saturated heterocycles. The molecule has 0 spiro atoms. The van der Waals surface area contributed by atoms with E-state index in [-0.39, 0.29) is 6.10 Å². The van der Waals surface area contributed by atoms with Crippen molar-refractivity contribution in [1.29, 1.82) is 0 Å². The van der Waals surface area contributed by atoms with Crippen molar-refractivity contribution in [3.8, 4) is 0 Å². The van der Waals surface area contributed by atoms with Crippen molar-refractivity contribution in [1.82, 2.24) is 0 Å². The molecular weight excluding hydrogens is 267 g/mol. The first kappa shape index (κ1) is 17.1. The SMILES string of the molecule is CCOP(=O)(CC[C@H]1COC(CC)(CC)O1)OCC. The summed E-state index contributed by atoms with van der Waals surface area (Å²) in [7, 11) is -2.97. The van der Waals surface area contributed by atoms with Crippen molar-refractivity contribution in [3.05, 3.63) is 0 Å². The van der Waals surface area contributed by atoms with E-state index in [0.717, 1.165) is 12.8 Å². The molecule has 19 heavy (non-hydrogen) atoms. The van der Waals surface area contributed by atoms with Crippen molar-refractivity contribution in [2.45, 2.75) is 58.8 Å². The number of ether oxygens (including phenoxy) is 2. The maximum atomic E-state index is 12.3. The molecule has 0 unspecified atom stereocenters. The van der Waals surface area contributed by atoms with Crippen LogP contribution in [-0.2, 0) is 23.1 Å². The molecule has 1 atom stereocenters. The summed E-state index contributed by atoms with van der Waals surface area (Å²) in [6, 6.07) is 0. The van der Waals surface area contributed by atoms with Crippen LogP contribution in [-0.4, -0.2) is 37.9 Å². The Bertz CT molecular complexity index is 293. The molecule has 1 aliphatic heterocycles. The van der Waals surface area contributed by atoms with E-state index in [2.05, 4.69) is 13.8 Å². The molecule has 1 aliphatic rings. The standard InChI is InChI=1S/C13H27O5P/c1-5-13(6-2)15-11-12(18-13)9-10-19(14,16-7-3)17-8-4/h12H,5-11H2,1-4H3/t12-/m0/s1. The maximum absolute atomic E-state index is 12.3. The lowest BCUT2D eigenvalue weighted by molar-refractivity contribution is -0.171. The Morgan fingerprint density at radius 3 is 2.16 bits per heavy atom. The maximum Gasteiger partial charge on any atom is 0.330 e. The van der Waals surface area contributed by atoms with E-state index >= 15 is 0 Å². The van der Waals surface area contributed by atoms with Gasteiger partial charge in [0.1, 0.15) is 0 Å². The lowest BCUT2D eigenvalue weighted by atomic mass is 10.1. The van der Waals surface area contributed by atoms with Gasteiger partial charge in [-0.1, -0.05) is 13.8 Å². The second-order valence-corrected chi connectivity index (χ2v) is 6.81. The zero-order valence-electron chi connectivity index (χ0n) is 12.5. The van der Waals surface area contributed by atoms with Crippen LogP contribution in [0.15, 0.2) is 0 Å². The molecule has 0 radical (unpaired) electrons. The van der Waals surface area contributed by atoms with Gasteiger partial charge >= 0.3 is 7.60 Å². The minimum absolute atomic E-state index is 0.0193. The molecule has 0 N–H and O–H groups in total. The average Bonchev–Trinajstić information content (AvgIpc) is 2.82. The van der Waals surface area contributed by atoms with Crippen LogP contribution < -0.4 is 0 Å². The van der Waals surface area contributed by atoms with E-state index in [1.54, 1.807) is 0 Å². The highest BCUT2D eigenvalue weighted by molar-refractivity contribution is 7.53. The van der Waals surface area contributed by atoms with Gasteiger partial charge < -0.3 is 18.5 Å². The summed E-state index contributed by atoms with van der Waals surface area (Å²) in [5, 5.41) is 0. The van der Waals surface area contributed by atoms with Crippen LogP contribution in [0.25, 0.3) is 0 Å². The van der Waals surface area contributed by atoms with Gasteiger partial charge in [0.05, 0.1) is 32.1 Å². The Morgan fingerprint density at radius 2 is 1.74 bits per heavy atom. The fourth-order valence-electron chi connectivity index (χ4n) is 2.24. The Balaban J connectivity index is 2.46. The van der Waals surface area contributed by atoms with Gasteiger partial charge in [0.15, 0.2) is 5.79 Å². The van der Waals surface area contributed by atoms with Gasteiger partial charge in [-0.3, -0.25) is 4.57 Å². The molecule has 1 heterocycles. The third kappa shape index (κ3) is 4.83. The van der Waals surface area contributed by atoms with Gasteiger partial charge in [0.25, 0.3) is 0 Å². The first-order valence-electron chi connectivity index (χ1n) is 7.23. The van der Waals surface area contributed by atoms with Gasteiger partial charge in [-0.15, -0.1) is 0 Å². The average molecular weight is 294 g/mol. The molecule has 1 rings (SSSR count). The Labute approximate surface area is 116 Å². The van der Waals surface area contributed by atoms with Gasteiger partial charge in [0, 0.05) is 0 Å². The quantitative estimate of drug-likeness (QED) is 0.608. The number of rotatable bonds is 9. The molecule has 0 aliphatic carbocycles. The highest BCUT2D eigenvalue weighted by Gasteiger charge is 2.39. The van der Waals surface area contributed by atoms with Crippen molar-refractivity contribution < 1.29 is 23.1 Å². The van der Waals surface area contributed by atoms with E-state index < -0.39 is 13.4 Å². The third-order valence-corrected chi connectivity index (χ3v) is 5.48. The van der Waals surface area contributed by atoms with Crippen molar-refractivity contribution in [2.75, 3.05) is 26.0 Å². The Hall–Kier alpha value is 0.0700. The lowest BCUT2D eigenvalue weighted by Gasteiger charge is -2.25. The van der Waals surface area contributed by atoms with Crippen LogP contribution in [0.2, 0.25) is 0 Å². The fraction of sp³-hybridized carbons (Fsp3) is 1.00. The second-order valence-electron chi connectivity index (χ2n) is 4.63. The summed E-state index contributed by atoms with van der Waals surface area (Å²) in [6.45, 7) is 9.09. The molecule has 0 amide bonds. The predicted molar refractivity (Wildman–Crippen MR) is 74.5 cm³/mol. The first-order chi connectivity index (χ1) is 9.03. The molecule has 114 valence electrons. The molecule has 0 bridgehead atoms. The molecule has 0 aromatic carbocycles. The normalized spacial score (nSPS) is 22.8. The lowest BCUT2D eigenvalue weighted by Crippen LogP contribution is -2.29. The van der Waals surface area contributed by atoms with Crippen molar-refractivity contribution in [3.63, 3.8) is 0 Å². The Kier molecular flexibility index (Phi) is 6.98. The van der Waals surface area contributed by atoms with Crippen LogP contribution in [0.5, 0.6) is 0 Å². The van der Waals surface area contributed by atoms with E-state index in [1.165, 1.54) is 0 Å². The van der Waals surface area contributed by atoms with Gasteiger partial charge in [0.2, 0.25) is 0 Å². The van der Waals surface area contributed by atoms with E-state index in [0.29, 0.717) is 32.4 Å². The number of hydrogen-bond donors (Lipinski definition) is 0. The smallest absolute Gasteiger partial charge is 0.330 e. The van der Waals surface area contributed by atoms with Crippen LogP contribution in [0.3, 0.4) is 0 Å². The zero-order chi connectivity index (χ0) is 14.4. The van der Waals surface area contributed by atoms with Gasteiger partial charge in [-0.2, -0.15) is 0 Å². The monoisotopic (exact) mass is 294 g/mol. The first-order valence-corrected chi connectivity index (χ1v) is 8.95. The minimum Gasteiger partial charge on any atom is -0.347 e. The van der Waals surface area contributed by atoms with Crippen LogP contribution in [0.1, 0.15) is 47.0 Å². The molecule has 0 aromatic rings. The summed E-state index contributed by atoms with van der Waals surface area (Å²) < 4.78 is 34.6. The molecule has 5 nitrogen and oxygen atoms in total. The van der Waals surface area contributed by atoms with Crippen LogP contribution >= 0.6 is 7.60 Å². The van der Waals surface area contributed by atoms with Gasteiger partial charge in [-0.25, -0.2) is 0 Å². The highest BCUT2D eigenvalue weighted by Crippen LogP contribution is 2.49. The summed E-state index contributed by atoms with van der Waals surface area (Å²) in [4.78, 5) is 0. The summed E-state index contributed by atoms with van der Waals surface area (Å²) >= 11 is 0. The number of hydrogen-bond acceptors (Lipinski definition) is 5. The Morgan fingerprint density at radius 1 is 1.16 bits per heavy atom.